The smallest absolute Gasteiger partial charge is 0.216 e. The van der Waals surface area contributed by atoms with Crippen molar-refractivity contribution in [2.75, 3.05) is 37.4 Å². The SMILES string of the molecule is CC(C)OCCS(=O)(=O)N1CCN(C)c2ccccc2C1. The Morgan fingerprint density at radius 1 is 1.24 bits per heavy atom. The Kier molecular flexibility index (Phi) is 5.24. The highest BCUT2D eigenvalue weighted by atomic mass is 32.2. The highest BCUT2D eigenvalue weighted by Gasteiger charge is 2.26. The van der Waals surface area contributed by atoms with Crippen molar-refractivity contribution in [3.8, 4) is 0 Å². The van der Waals surface area contributed by atoms with Crippen molar-refractivity contribution >= 4 is 15.7 Å². The Labute approximate surface area is 127 Å². The Balaban J connectivity index is 2.11. The first-order valence-corrected chi connectivity index (χ1v) is 8.89. The minimum Gasteiger partial charge on any atom is -0.378 e. The molecule has 1 heterocycles. The second-order valence-corrected chi connectivity index (χ2v) is 7.71. The Bertz CT molecular complexity index is 572. The first-order chi connectivity index (χ1) is 9.90. The number of fused-ring (bicyclic) bond motifs is 1. The van der Waals surface area contributed by atoms with E-state index in [1.54, 1.807) is 4.31 Å². The molecule has 0 radical (unpaired) electrons. The summed E-state index contributed by atoms with van der Waals surface area (Å²) in [6, 6.07) is 7.96. The molecule has 1 aliphatic heterocycles. The molecule has 21 heavy (non-hydrogen) atoms. The zero-order valence-corrected chi connectivity index (χ0v) is 13.8. The third-order valence-electron chi connectivity index (χ3n) is 3.62. The van der Waals surface area contributed by atoms with E-state index in [2.05, 4.69) is 4.90 Å². The van der Waals surface area contributed by atoms with Gasteiger partial charge in [-0.3, -0.25) is 0 Å². The van der Waals surface area contributed by atoms with Gasteiger partial charge in [0.1, 0.15) is 0 Å². The van der Waals surface area contributed by atoms with Gasteiger partial charge in [-0.25, -0.2) is 8.42 Å². The van der Waals surface area contributed by atoms with Gasteiger partial charge >= 0.3 is 0 Å². The Morgan fingerprint density at radius 2 is 1.95 bits per heavy atom. The molecule has 1 aliphatic rings. The summed E-state index contributed by atoms with van der Waals surface area (Å²) >= 11 is 0. The van der Waals surface area contributed by atoms with Gasteiger partial charge in [0.25, 0.3) is 0 Å². The van der Waals surface area contributed by atoms with Crippen LogP contribution in [-0.2, 0) is 21.3 Å². The molecule has 0 fully saturated rings. The molecule has 6 heteroatoms. The average Bonchev–Trinajstić information content (AvgIpc) is 2.59. The zero-order chi connectivity index (χ0) is 15.5. The number of likely N-dealkylation sites (N-methyl/N-ethyl adjacent to an activating group) is 1. The number of anilines is 1. The van der Waals surface area contributed by atoms with Crippen molar-refractivity contribution < 1.29 is 13.2 Å². The van der Waals surface area contributed by atoms with E-state index < -0.39 is 10.0 Å². The van der Waals surface area contributed by atoms with Crippen LogP contribution in [0, 0.1) is 0 Å². The fourth-order valence-corrected chi connectivity index (χ4v) is 3.68. The number of ether oxygens (including phenoxy) is 1. The van der Waals surface area contributed by atoms with Crippen molar-refractivity contribution in [3.05, 3.63) is 29.8 Å². The van der Waals surface area contributed by atoms with Crippen LogP contribution in [0.1, 0.15) is 19.4 Å². The van der Waals surface area contributed by atoms with E-state index in [-0.39, 0.29) is 18.5 Å². The molecule has 0 spiro atoms. The summed E-state index contributed by atoms with van der Waals surface area (Å²) < 4.78 is 31.9. The van der Waals surface area contributed by atoms with E-state index in [0.29, 0.717) is 19.6 Å². The van der Waals surface area contributed by atoms with Crippen LogP contribution in [0.5, 0.6) is 0 Å². The molecule has 118 valence electrons. The molecule has 0 atom stereocenters. The molecule has 1 aromatic carbocycles. The molecule has 1 aromatic rings. The first-order valence-electron chi connectivity index (χ1n) is 7.28. The molecule has 0 aromatic heterocycles. The molecule has 0 bridgehead atoms. The Hall–Kier alpha value is -1.11. The summed E-state index contributed by atoms with van der Waals surface area (Å²) in [5.41, 5.74) is 2.15. The molecule has 0 unspecified atom stereocenters. The quantitative estimate of drug-likeness (QED) is 0.830. The minimum atomic E-state index is -3.29. The molecule has 5 nitrogen and oxygen atoms in total. The number of nitrogens with zero attached hydrogens (tertiary/aromatic N) is 2. The zero-order valence-electron chi connectivity index (χ0n) is 12.9. The monoisotopic (exact) mass is 312 g/mol. The molecule has 0 aliphatic carbocycles. The number of hydrogen-bond acceptors (Lipinski definition) is 4. The van der Waals surface area contributed by atoms with Gasteiger partial charge in [0.2, 0.25) is 10.0 Å². The van der Waals surface area contributed by atoms with Crippen LogP contribution in [0.3, 0.4) is 0 Å². The second kappa shape index (κ2) is 6.77. The minimum absolute atomic E-state index is 0.0388. The number of rotatable bonds is 5. The third kappa shape index (κ3) is 4.18. The highest BCUT2D eigenvalue weighted by molar-refractivity contribution is 7.89. The predicted octanol–water partition coefficient (Wildman–Crippen LogP) is 1.69. The number of para-hydroxylation sites is 1. The molecule has 0 amide bonds. The molecule has 0 saturated heterocycles. The van der Waals surface area contributed by atoms with Crippen LogP contribution in [0.15, 0.2) is 24.3 Å². The Morgan fingerprint density at radius 3 is 2.67 bits per heavy atom. The van der Waals surface area contributed by atoms with Gasteiger partial charge in [0, 0.05) is 32.4 Å². The maximum Gasteiger partial charge on any atom is 0.216 e. The number of hydrogen-bond donors (Lipinski definition) is 0. The van der Waals surface area contributed by atoms with Crippen LogP contribution in [0.25, 0.3) is 0 Å². The summed E-state index contributed by atoms with van der Waals surface area (Å²) in [5, 5.41) is 0. The van der Waals surface area contributed by atoms with Crippen LogP contribution in [-0.4, -0.2) is 51.3 Å². The van der Waals surface area contributed by atoms with E-state index in [4.69, 9.17) is 4.74 Å². The fraction of sp³-hybridized carbons (Fsp3) is 0.600. The molecule has 2 rings (SSSR count). The predicted molar refractivity (Wildman–Crippen MR) is 85.0 cm³/mol. The summed E-state index contributed by atoms with van der Waals surface area (Å²) in [6.07, 6.45) is 0.0520. The lowest BCUT2D eigenvalue weighted by molar-refractivity contribution is 0.0906. The van der Waals surface area contributed by atoms with E-state index in [1.807, 2.05) is 45.2 Å². The highest BCUT2D eigenvalue weighted by Crippen LogP contribution is 2.25. The normalized spacial score (nSPS) is 16.9. The van der Waals surface area contributed by atoms with Crippen molar-refractivity contribution in [1.82, 2.24) is 4.31 Å². The van der Waals surface area contributed by atoms with E-state index in [1.165, 1.54) is 0 Å². The standard InChI is InChI=1S/C15H24N2O3S/c1-13(2)20-10-11-21(18,19)17-9-8-16(3)15-7-5-4-6-14(15)12-17/h4-7,13H,8-12H2,1-3H3. The lowest BCUT2D eigenvalue weighted by Crippen LogP contribution is -2.37. The van der Waals surface area contributed by atoms with Gasteiger partial charge in [-0.15, -0.1) is 0 Å². The summed E-state index contributed by atoms with van der Waals surface area (Å²) in [4.78, 5) is 2.11. The topological polar surface area (TPSA) is 49.9 Å². The van der Waals surface area contributed by atoms with Crippen LogP contribution in [0.4, 0.5) is 5.69 Å². The number of sulfonamides is 1. The van der Waals surface area contributed by atoms with Gasteiger partial charge in [-0.05, 0) is 25.5 Å². The van der Waals surface area contributed by atoms with Gasteiger partial charge in [-0.1, -0.05) is 18.2 Å². The van der Waals surface area contributed by atoms with E-state index in [0.717, 1.165) is 11.3 Å². The van der Waals surface area contributed by atoms with Gasteiger partial charge in [-0.2, -0.15) is 4.31 Å². The molecule has 0 saturated carbocycles. The molecule has 0 N–H and O–H groups in total. The van der Waals surface area contributed by atoms with Crippen molar-refractivity contribution in [2.24, 2.45) is 0 Å². The van der Waals surface area contributed by atoms with Crippen LogP contribution < -0.4 is 4.90 Å². The molecular weight excluding hydrogens is 288 g/mol. The first kappa shape index (κ1) is 16.3. The third-order valence-corrected chi connectivity index (χ3v) is 5.40. The van der Waals surface area contributed by atoms with Crippen molar-refractivity contribution in [1.29, 1.82) is 0 Å². The van der Waals surface area contributed by atoms with Gasteiger partial charge < -0.3 is 9.64 Å². The van der Waals surface area contributed by atoms with Crippen LogP contribution in [0.2, 0.25) is 0 Å². The lowest BCUT2D eigenvalue weighted by Gasteiger charge is -2.21. The maximum atomic E-state index is 12.5. The summed E-state index contributed by atoms with van der Waals surface area (Å²) in [6.45, 7) is 5.70. The fourth-order valence-electron chi connectivity index (χ4n) is 2.42. The second-order valence-electron chi connectivity index (χ2n) is 5.62. The van der Waals surface area contributed by atoms with Gasteiger partial charge in [0.05, 0.1) is 18.5 Å². The largest absolute Gasteiger partial charge is 0.378 e. The van der Waals surface area contributed by atoms with Crippen molar-refractivity contribution in [3.63, 3.8) is 0 Å². The van der Waals surface area contributed by atoms with Crippen molar-refractivity contribution in [2.45, 2.75) is 26.5 Å². The maximum absolute atomic E-state index is 12.5. The summed E-state index contributed by atoms with van der Waals surface area (Å²) in [7, 11) is -1.29. The average molecular weight is 312 g/mol. The van der Waals surface area contributed by atoms with E-state index in [9.17, 15) is 8.42 Å². The summed E-state index contributed by atoms with van der Waals surface area (Å²) in [5.74, 6) is 0.0388. The lowest BCUT2D eigenvalue weighted by atomic mass is 10.1. The van der Waals surface area contributed by atoms with Gasteiger partial charge in [0.15, 0.2) is 0 Å². The molecular formula is C15H24N2O3S. The number of benzene rings is 1. The van der Waals surface area contributed by atoms with Crippen LogP contribution >= 0.6 is 0 Å². The van der Waals surface area contributed by atoms with E-state index >= 15 is 0 Å².